The van der Waals surface area contributed by atoms with Gasteiger partial charge in [-0.25, -0.2) is 4.98 Å². The molecule has 1 fully saturated rings. The lowest BCUT2D eigenvalue weighted by atomic mass is 10.1. The zero-order valence-electron chi connectivity index (χ0n) is 14.1. The van der Waals surface area contributed by atoms with Gasteiger partial charge in [0.1, 0.15) is 4.88 Å². The van der Waals surface area contributed by atoms with Gasteiger partial charge in [0.2, 0.25) is 0 Å². The molecule has 3 rings (SSSR count). The first-order valence-electron chi connectivity index (χ1n) is 8.26. The van der Waals surface area contributed by atoms with Gasteiger partial charge in [-0.3, -0.25) is 9.69 Å². The molecule has 0 saturated carbocycles. The normalized spacial score (nSPS) is 16.3. The van der Waals surface area contributed by atoms with Crippen molar-refractivity contribution in [3.05, 3.63) is 45.4 Å². The number of carbonyl (C=O) groups excluding carboxylic acids is 1. The molecule has 0 spiro atoms. The van der Waals surface area contributed by atoms with Crippen LogP contribution in [-0.4, -0.2) is 40.1 Å². The van der Waals surface area contributed by atoms with Crippen LogP contribution in [0.1, 0.15) is 38.8 Å². The van der Waals surface area contributed by atoms with Gasteiger partial charge < -0.3 is 10.4 Å². The largest absolute Gasteiger partial charge is 0.393 e. The van der Waals surface area contributed by atoms with Gasteiger partial charge in [0.15, 0.2) is 0 Å². The van der Waals surface area contributed by atoms with Gasteiger partial charge in [-0.2, -0.15) is 0 Å². The number of aliphatic hydroxyl groups is 1. The summed E-state index contributed by atoms with van der Waals surface area (Å²) in [6.07, 6.45) is 1.45. The summed E-state index contributed by atoms with van der Waals surface area (Å²) >= 11 is 1.42. The molecule has 0 aliphatic carbocycles. The molecule has 1 saturated heterocycles. The van der Waals surface area contributed by atoms with E-state index >= 15 is 0 Å². The minimum Gasteiger partial charge on any atom is -0.393 e. The van der Waals surface area contributed by atoms with Crippen LogP contribution in [0.5, 0.6) is 0 Å². The van der Waals surface area contributed by atoms with Crippen LogP contribution >= 0.6 is 11.3 Å². The zero-order chi connectivity index (χ0) is 17.1. The number of nitrogens with zero attached hydrogens (tertiary/aromatic N) is 2. The number of hydrogen-bond donors (Lipinski definition) is 2. The second kappa shape index (κ2) is 7.42. The number of aryl methyl sites for hydroxylation is 2. The molecule has 0 atom stereocenters. The average Bonchev–Trinajstić information content (AvgIpc) is 2.90. The second-order valence-electron chi connectivity index (χ2n) is 6.27. The fourth-order valence-electron chi connectivity index (χ4n) is 3.02. The van der Waals surface area contributed by atoms with Crippen LogP contribution in [0.25, 0.3) is 0 Å². The van der Waals surface area contributed by atoms with Crippen LogP contribution < -0.4 is 5.32 Å². The summed E-state index contributed by atoms with van der Waals surface area (Å²) in [6.45, 7) is 6.33. The third-order valence-electron chi connectivity index (χ3n) is 4.33. The molecule has 1 aromatic heterocycles. The van der Waals surface area contributed by atoms with E-state index in [9.17, 15) is 9.90 Å². The Morgan fingerprint density at radius 1 is 1.33 bits per heavy atom. The molecule has 6 heteroatoms. The monoisotopic (exact) mass is 345 g/mol. The van der Waals surface area contributed by atoms with E-state index < -0.39 is 0 Å². The molecule has 24 heavy (non-hydrogen) atoms. The van der Waals surface area contributed by atoms with Crippen LogP contribution in [0.4, 0.5) is 5.69 Å². The molecule has 0 unspecified atom stereocenters. The second-order valence-corrected chi connectivity index (χ2v) is 7.47. The first-order chi connectivity index (χ1) is 11.5. The molecule has 5 nitrogen and oxygen atoms in total. The van der Waals surface area contributed by atoms with E-state index in [1.54, 1.807) is 0 Å². The number of carbonyl (C=O) groups is 1. The zero-order valence-corrected chi connectivity index (χ0v) is 14.9. The summed E-state index contributed by atoms with van der Waals surface area (Å²) in [6, 6.07) is 7.91. The first-order valence-corrected chi connectivity index (χ1v) is 9.08. The Balaban J connectivity index is 1.72. The highest BCUT2D eigenvalue weighted by molar-refractivity contribution is 7.13. The number of likely N-dealkylation sites (tertiary alicyclic amines) is 1. The number of rotatable bonds is 4. The molecular weight excluding hydrogens is 322 g/mol. The Labute approximate surface area is 146 Å². The van der Waals surface area contributed by atoms with E-state index in [2.05, 4.69) is 15.2 Å². The maximum absolute atomic E-state index is 12.5. The van der Waals surface area contributed by atoms with Crippen molar-refractivity contribution in [3.8, 4) is 0 Å². The van der Waals surface area contributed by atoms with Crippen molar-refractivity contribution in [1.82, 2.24) is 9.88 Å². The number of nitrogens with one attached hydrogen (secondary N) is 1. The van der Waals surface area contributed by atoms with Gasteiger partial charge in [0, 0.05) is 25.3 Å². The van der Waals surface area contributed by atoms with Crippen LogP contribution in [0.2, 0.25) is 0 Å². The molecule has 128 valence electrons. The van der Waals surface area contributed by atoms with Crippen LogP contribution in [-0.2, 0) is 6.54 Å². The van der Waals surface area contributed by atoms with Crippen LogP contribution in [0.3, 0.4) is 0 Å². The van der Waals surface area contributed by atoms with Gasteiger partial charge in [0.25, 0.3) is 5.91 Å². The Hall–Kier alpha value is -1.76. The van der Waals surface area contributed by atoms with E-state index in [1.807, 2.05) is 38.1 Å². The maximum atomic E-state index is 12.5. The predicted octanol–water partition coefficient (Wildman–Crippen LogP) is 2.97. The van der Waals surface area contributed by atoms with E-state index in [0.717, 1.165) is 54.4 Å². The van der Waals surface area contributed by atoms with E-state index in [1.165, 1.54) is 11.3 Å². The topological polar surface area (TPSA) is 65.5 Å². The molecular formula is C18H23N3O2S. The third-order valence-corrected chi connectivity index (χ3v) is 5.40. The first kappa shape index (κ1) is 17.1. The molecule has 1 aliphatic rings. The minimum atomic E-state index is -0.172. The summed E-state index contributed by atoms with van der Waals surface area (Å²) in [5.41, 5.74) is 2.72. The summed E-state index contributed by atoms with van der Waals surface area (Å²) < 4.78 is 0. The van der Waals surface area contributed by atoms with E-state index in [-0.39, 0.29) is 12.0 Å². The minimum absolute atomic E-state index is 0.0976. The fraction of sp³-hybridized carbons (Fsp3) is 0.444. The van der Waals surface area contributed by atoms with Gasteiger partial charge in [-0.1, -0.05) is 18.2 Å². The van der Waals surface area contributed by atoms with Crippen LogP contribution in [0, 0.1) is 13.8 Å². The molecule has 0 bridgehead atoms. The Kier molecular flexibility index (Phi) is 5.28. The molecule has 2 aromatic rings. The number of amides is 1. The fourth-order valence-corrected chi connectivity index (χ4v) is 3.83. The highest BCUT2D eigenvalue weighted by Crippen LogP contribution is 2.23. The van der Waals surface area contributed by atoms with Crippen molar-refractivity contribution in [3.63, 3.8) is 0 Å². The van der Waals surface area contributed by atoms with Crippen molar-refractivity contribution in [1.29, 1.82) is 0 Å². The van der Waals surface area contributed by atoms with Gasteiger partial charge in [0.05, 0.1) is 16.8 Å². The summed E-state index contributed by atoms with van der Waals surface area (Å²) in [4.78, 5) is 19.9. The molecule has 1 aliphatic heterocycles. The summed E-state index contributed by atoms with van der Waals surface area (Å²) in [5, 5.41) is 13.6. The summed E-state index contributed by atoms with van der Waals surface area (Å²) in [5.74, 6) is -0.0976. The Bertz CT molecular complexity index is 721. The number of aliphatic hydroxyl groups excluding tert-OH is 1. The van der Waals surface area contributed by atoms with Crippen molar-refractivity contribution in [2.24, 2.45) is 0 Å². The van der Waals surface area contributed by atoms with Crippen LogP contribution in [0.15, 0.2) is 24.3 Å². The van der Waals surface area contributed by atoms with E-state index in [4.69, 9.17) is 0 Å². The SMILES string of the molecule is Cc1nc(C)c(C(=O)Nc2ccccc2CN2CCC(O)CC2)s1. The molecule has 2 N–H and O–H groups in total. The number of benzene rings is 1. The number of hydrogen-bond acceptors (Lipinski definition) is 5. The quantitative estimate of drug-likeness (QED) is 0.894. The molecule has 0 radical (unpaired) electrons. The average molecular weight is 345 g/mol. The molecule has 1 amide bonds. The van der Waals surface area contributed by atoms with E-state index in [0.29, 0.717) is 4.88 Å². The van der Waals surface area contributed by atoms with Gasteiger partial charge in [-0.05, 0) is 38.3 Å². The number of thiazole rings is 1. The van der Waals surface area contributed by atoms with Gasteiger partial charge >= 0.3 is 0 Å². The molecule has 2 heterocycles. The highest BCUT2D eigenvalue weighted by Gasteiger charge is 2.19. The lowest BCUT2D eigenvalue weighted by Crippen LogP contribution is -2.35. The lowest BCUT2D eigenvalue weighted by molar-refractivity contribution is 0.0793. The number of para-hydroxylation sites is 1. The summed E-state index contributed by atoms with van der Waals surface area (Å²) in [7, 11) is 0. The maximum Gasteiger partial charge on any atom is 0.267 e. The van der Waals surface area contributed by atoms with Crippen molar-refractivity contribution < 1.29 is 9.90 Å². The Morgan fingerprint density at radius 2 is 2.04 bits per heavy atom. The Morgan fingerprint density at radius 3 is 2.71 bits per heavy atom. The number of anilines is 1. The van der Waals surface area contributed by atoms with Crippen molar-refractivity contribution >= 4 is 22.9 Å². The number of aromatic nitrogens is 1. The predicted molar refractivity (Wildman–Crippen MR) is 96.5 cm³/mol. The lowest BCUT2D eigenvalue weighted by Gasteiger charge is -2.30. The molecule has 1 aromatic carbocycles. The smallest absolute Gasteiger partial charge is 0.267 e. The van der Waals surface area contributed by atoms with Crippen molar-refractivity contribution in [2.45, 2.75) is 39.3 Å². The highest BCUT2D eigenvalue weighted by atomic mass is 32.1. The third kappa shape index (κ3) is 4.01. The van der Waals surface area contributed by atoms with Gasteiger partial charge in [-0.15, -0.1) is 11.3 Å². The van der Waals surface area contributed by atoms with Crippen molar-refractivity contribution in [2.75, 3.05) is 18.4 Å². The standard InChI is InChI=1S/C18H23N3O2S/c1-12-17(24-13(2)19-12)18(23)20-16-6-4-3-5-14(16)11-21-9-7-15(22)8-10-21/h3-6,15,22H,7-11H2,1-2H3,(H,20,23). The number of piperidine rings is 1.